The molecule has 0 aromatic heterocycles. The molecule has 0 aliphatic carbocycles. The number of hydrogen-bond donors (Lipinski definition) is 0. The number of thioether (sulfide) groups is 2. The molecule has 2 unspecified atom stereocenters. The number of hydrogen-bond acceptors (Lipinski definition) is 5. The summed E-state index contributed by atoms with van der Waals surface area (Å²) in [5, 5.41) is 7.17. The lowest BCUT2D eigenvalue weighted by Crippen LogP contribution is -2.41. The zero-order chi connectivity index (χ0) is 19.7. The minimum atomic E-state index is 0.302. The summed E-state index contributed by atoms with van der Waals surface area (Å²) < 4.78 is 0. The monoisotopic (exact) mass is 409 g/mol. The molecule has 0 spiro atoms. The van der Waals surface area contributed by atoms with E-state index in [4.69, 9.17) is 5.10 Å². The first-order chi connectivity index (χ1) is 13.6. The minimum Gasteiger partial charge on any atom is -0.301 e. The van der Waals surface area contributed by atoms with E-state index in [0.29, 0.717) is 12.0 Å². The molecular formula is C23H27N3S2. The number of fused-ring (bicyclic) bond motifs is 1. The van der Waals surface area contributed by atoms with Crippen molar-refractivity contribution >= 4 is 35.3 Å². The molecule has 4 rings (SSSR count). The summed E-state index contributed by atoms with van der Waals surface area (Å²) in [7, 11) is 4.33. The molecular weight excluding hydrogens is 382 g/mol. The van der Waals surface area contributed by atoms with E-state index >= 15 is 0 Å². The van der Waals surface area contributed by atoms with Gasteiger partial charge in [-0.2, -0.15) is 5.10 Å². The Morgan fingerprint density at radius 2 is 1.54 bits per heavy atom. The van der Waals surface area contributed by atoms with Crippen LogP contribution in [0.15, 0.2) is 69.0 Å². The van der Waals surface area contributed by atoms with Gasteiger partial charge in [0.2, 0.25) is 0 Å². The van der Waals surface area contributed by atoms with E-state index in [0.717, 1.165) is 13.1 Å². The minimum absolute atomic E-state index is 0.302. The van der Waals surface area contributed by atoms with Crippen LogP contribution in [0.2, 0.25) is 0 Å². The van der Waals surface area contributed by atoms with Crippen LogP contribution in [0.5, 0.6) is 0 Å². The van der Waals surface area contributed by atoms with Crippen molar-refractivity contribution in [1.29, 1.82) is 0 Å². The van der Waals surface area contributed by atoms with E-state index in [2.05, 4.69) is 91.1 Å². The molecule has 2 aromatic carbocycles. The molecule has 2 aliphatic heterocycles. The third-order valence-electron chi connectivity index (χ3n) is 5.59. The standard InChI is InChI=1S/C23H27N3S2/c1-25-14-18(13-16-5-9-19(27-3)10-6-16)22-21(15-25)23(26(2)24-22)17-7-11-20(28-4)12-8-17/h5-13,21,23H,14-15H2,1-4H3. The third-order valence-corrected chi connectivity index (χ3v) is 7.08. The second-order valence-electron chi connectivity index (χ2n) is 7.52. The molecule has 3 nitrogen and oxygen atoms in total. The van der Waals surface area contributed by atoms with Crippen LogP contribution < -0.4 is 0 Å². The Labute approximate surface area is 176 Å². The van der Waals surface area contributed by atoms with E-state index in [-0.39, 0.29) is 0 Å². The summed E-state index contributed by atoms with van der Waals surface area (Å²) in [4.78, 5) is 5.03. The van der Waals surface area contributed by atoms with Crippen molar-refractivity contribution in [1.82, 2.24) is 9.91 Å². The Morgan fingerprint density at radius 1 is 0.929 bits per heavy atom. The predicted octanol–water partition coefficient (Wildman–Crippen LogP) is 5.12. The average Bonchev–Trinajstić information content (AvgIpc) is 3.04. The average molecular weight is 410 g/mol. The number of piperidine rings is 1. The number of likely N-dealkylation sites (tertiary alicyclic amines) is 1. The molecule has 2 aliphatic rings. The van der Waals surface area contributed by atoms with Crippen molar-refractivity contribution in [2.45, 2.75) is 15.8 Å². The summed E-state index contributed by atoms with van der Waals surface area (Å²) in [6.45, 7) is 1.99. The Morgan fingerprint density at radius 3 is 2.14 bits per heavy atom. The van der Waals surface area contributed by atoms with Crippen LogP contribution in [0.4, 0.5) is 0 Å². The summed E-state index contributed by atoms with van der Waals surface area (Å²) in [5.41, 5.74) is 5.20. The van der Waals surface area contributed by atoms with Crippen LogP contribution >= 0.6 is 23.5 Å². The van der Waals surface area contributed by atoms with Gasteiger partial charge in [-0.1, -0.05) is 24.3 Å². The zero-order valence-electron chi connectivity index (χ0n) is 16.9. The molecule has 0 N–H and O–H groups in total. The van der Waals surface area contributed by atoms with Crippen LogP contribution in [-0.4, -0.2) is 55.3 Å². The van der Waals surface area contributed by atoms with Gasteiger partial charge < -0.3 is 4.90 Å². The molecule has 0 bridgehead atoms. The molecule has 0 amide bonds. The Hall–Kier alpha value is -1.69. The first kappa shape index (κ1) is 19.6. The predicted molar refractivity (Wildman–Crippen MR) is 123 cm³/mol. The maximum Gasteiger partial charge on any atom is 0.0813 e. The highest BCUT2D eigenvalue weighted by atomic mass is 32.2. The summed E-state index contributed by atoms with van der Waals surface area (Å²) in [5.74, 6) is 0.403. The van der Waals surface area contributed by atoms with Crippen LogP contribution in [0, 0.1) is 5.92 Å². The van der Waals surface area contributed by atoms with Gasteiger partial charge in [0.05, 0.1) is 11.8 Å². The first-order valence-electron chi connectivity index (χ1n) is 9.58. The van der Waals surface area contributed by atoms with E-state index in [1.165, 1.54) is 32.2 Å². The van der Waals surface area contributed by atoms with Crippen molar-refractivity contribution in [3.63, 3.8) is 0 Å². The highest BCUT2D eigenvalue weighted by Gasteiger charge is 2.41. The lowest BCUT2D eigenvalue weighted by molar-refractivity contribution is 0.211. The van der Waals surface area contributed by atoms with Crippen LogP contribution in [-0.2, 0) is 0 Å². The van der Waals surface area contributed by atoms with Gasteiger partial charge in [0.25, 0.3) is 0 Å². The highest BCUT2D eigenvalue weighted by molar-refractivity contribution is 7.98. The first-order valence-corrected chi connectivity index (χ1v) is 12.0. The number of rotatable bonds is 4. The molecule has 0 saturated carbocycles. The van der Waals surface area contributed by atoms with Crippen molar-refractivity contribution in [3.05, 3.63) is 65.2 Å². The molecule has 2 aromatic rings. The molecule has 2 atom stereocenters. The van der Waals surface area contributed by atoms with Crippen LogP contribution in [0.1, 0.15) is 17.2 Å². The molecule has 28 heavy (non-hydrogen) atoms. The second kappa shape index (κ2) is 8.36. The van der Waals surface area contributed by atoms with Crippen molar-refractivity contribution in [3.8, 4) is 0 Å². The highest BCUT2D eigenvalue weighted by Crippen LogP contribution is 2.40. The maximum atomic E-state index is 5.00. The molecule has 0 radical (unpaired) electrons. The fraction of sp³-hybridized carbons (Fsp3) is 0.348. The topological polar surface area (TPSA) is 18.8 Å². The summed E-state index contributed by atoms with van der Waals surface area (Å²) >= 11 is 3.57. The van der Waals surface area contributed by atoms with Gasteiger partial charge in [0.15, 0.2) is 0 Å². The van der Waals surface area contributed by atoms with E-state index in [9.17, 15) is 0 Å². The van der Waals surface area contributed by atoms with Crippen molar-refractivity contribution in [2.24, 2.45) is 11.0 Å². The number of benzene rings is 2. The Balaban J connectivity index is 1.64. The molecule has 1 saturated heterocycles. The van der Waals surface area contributed by atoms with E-state index < -0.39 is 0 Å². The fourth-order valence-electron chi connectivity index (χ4n) is 4.25. The Bertz CT molecular complexity index is 887. The smallest absolute Gasteiger partial charge is 0.0813 e. The van der Waals surface area contributed by atoms with Gasteiger partial charge in [-0.05, 0) is 66.6 Å². The van der Waals surface area contributed by atoms with Crippen LogP contribution in [0.25, 0.3) is 6.08 Å². The summed E-state index contributed by atoms with van der Waals surface area (Å²) in [6, 6.07) is 18.1. The summed E-state index contributed by atoms with van der Waals surface area (Å²) in [6.07, 6.45) is 6.55. The molecule has 146 valence electrons. The van der Waals surface area contributed by atoms with Crippen molar-refractivity contribution in [2.75, 3.05) is 39.7 Å². The van der Waals surface area contributed by atoms with Gasteiger partial charge in [-0.3, -0.25) is 5.01 Å². The fourth-order valence-corrected chi connectivity index (χ4v) is 5.06. The second-order valence-corrected chi connectivity index (χ2v) is 9.28. The lowest BCUT2D eigenvalue weighted by Gasteiger charge is -2.34. The molecule has 5 heteroatoms. The SMILES string of the molecule is CSc1ccc(C=C2CN(C)CC3C2=NN(C)C3c2ccc(SC)cc2)cc1. The maximum absolute atomic E-state index is 5.00. The number of nitrogens with zero attached hydrogens (tertiary/aromatic N) is 3. The van der Waals surface area contributed by atoms with E-state index in [1.54, 1.807) is 23.5 Å². The quantitative estimate of drug-likeness (QED) is 0.653. The number of hydrazone groups is 1. The van der Waals surface area contributed by atoms with Gasteiger partial charge in [-0.15, -0.1) is 23.5 Å². The van der Waals surface area contributed by atoms with Crippen molar-refractivity contribution < 1.29 is 0 Å². The van der Waals surface area contributed by atoms with Crippen LogP contribution in [0.3, 0.4) is 0 Å². The van der Waals surface area contributed by atoms with Gasteiger partial charge in [0.1, 0.15) is 0 Å². The Kier molecular flexibility index (Phi) is 5.85. The molecule has 2 heterocycles. The van der Waals surface area contributed by atoms with Gasteiger partial charge in [0, 0.05) is 35.8 Å². The molecule has 1 fully saturated rings. The van der Waals surface area contributed by atoms with Gasteiger partial charge >= 0.3 is 0 Å². The lowest BCUT2D eigenvalue weighted by atomic mass is 9.83. The zero-order valence-corrected chi connectivity index (χ0v) is 18.6. The van der Waals surface area contributed by atoms with Gasteiger partial charge in [-0.25, -0.2) is 0 Å². The largest absolute Gasteiger partial charge is 0.301 e. The normalized spacial score (nSPS) is 23.8. The third kappa shape index (κ3) is 3.88. The van der Waals surface area contributed by atoms with E-state index in [1.807, 2.05) is 0 Å². The number of likely N-dealkylation sites (N-methyl/N-ethyl adjacent to an activating group) is 1.